The van der Waals surface area contributed by atoms with Crippen LogP contribution in [0.4, 0.5) is 4.79 Å². The second-order valence-electron chi connectivity index (χ2n) is 6.03. The highest BCUT2D eigenvalue weighted by Gasteiger charge is 2.36. The Bertz CT molecular complexity index is 1040. The van der Waals surface area contributed by atoms with Gasteiger partial charge in [-0.3, -0.25) is 14.5 Å². The van der Waals surface area contributed by atoms with Gasteiger partial charge in [-0.2, -0.15) is 0 Å². The third kappa shape index (κ3) is 4.72. The van der Waals surface area contributed by atoms with Crippen molar-refractivity contribution in [2.45, 2.75) is 6.54 Å². The molecule has 0 unspecified atom stereocenters. The van der Waals surface area contributed by atoms with Gasteiger partial charge in [0.2, 0.25) is 0 Å². The molecule has 10 heteroatoms. The zero-order valence-corrected chi connectivity index (χ0v) is 17.9. The molecule has 1 aliphatic rings. The number of para-hydroxylation sites is 1. The molecule has 0 aliphatic carbocycles. The predicted molar refractivity (Wildman–Crippen MR) is 114 cm³/mol. The van der Waals surface area contributed by atoms with Crippen molar-refractivity contribution in [3.8, 4) is 11.5 Å². The Labute approximate surface area is 186 Å². The SMILES string of the molecule is COc1cccc(/C=C2/SC(=O)N(Cc3c(Cl)cccc3Cl)C2=O)c1OCC(=O)O. The highest BCUT2D eigenvalue weighted by atomic mass is 35.5. The van der Waals surface area contributed by atoms with Gasteiger partial charge < -0.3 is 14.6 Å². The summed E-state index contributed by atoms with van der Waals surface area (Å²) < 4.78 is 10.5. The molecule has 0 aromatic heterocycles. The Balaban J connectivity index is 1.91. The predicted octanol–water partition coefficient (Wildman–Crippen LogP) is 4.70. The summed E-state index contributed by atoms with van der Waals surface area (Å²) in [5.74, 6) is -1.23. The first kappa shape index (κ1) is 22.0. The zero-order chi connectivity index (χ0) is 21.8. The van der Waals surface area contributed by atoms with Crippen molar-refractivity contribution in [2.24, 2.45) is 0 Å². The van der Waals surface area contributed by atoms with Crippen molar-refractivity contribution in [2.75, 3.05) is 13.7 Å². The fraction of sp³-hybridized carbons (Fsp3) is 0.150. The van der Waals surface area contributed by atoms with Crippen LogP contribution in [0.1, 0.15) is 11.1 Å². The van der Waals surface area contributed by atoms with E-state index in [1.165, 1.54) is 13.2 Å². The van der Waals surface area contributed by atoms with Gasteiger partial charge in [0, 0.05) is 21.2 Å². The Morgan fingerprint density at radius 2 is 1.83 bits per heavy atom. The molecule has 0 radical (unpaired) electrons. The van der Waals surface area contributed by atoms with E-state index in [1.54, 1.807) is 36.4 Å². The standard InChI is InChI=1S/C20H15Cl2NO6S/c1-28-15-7-2-4-11(18(15)29-10-17(24)25)8-16-19(26)23(20(27)30-16)9-12-13(21)5-3-6-14(12)22/h2-8H,9-10H2,1H3,(H,24,25)/b16-8+. The van der Waals surface area contributed by atoms with Crippen molar-refractivity contribution in [1.82, 2.24) is 4.90 Å². The minimum Gasteiger partial charge on any atom is -0.493 e. The topological polar surface area (TPSA) is 93.1 Å². The Kier molecular flexibility index (Phi) is 6.91. The minimum absolute atomic E-state index is 0.0685. The lowest BCUT2D eigenvalue weighted by atomic mass is 10.1. The van der Waals surface area contributed by atoms with Gasteiger partial charge in [0.15, 0.2) is 18.1 Å². The molecule has 1 aliphatic heterocycles. The number of aliphatic carboxylic acids is 1. The molecule has 0 spiro atoms. The second-order valence-corrected chi connectivity index (χ2v) is 7.84. The molecule has 7 nitrogen and oxygen atoms in total. The minimum atomic E-state index is -1.16. The number of methoxy groups -OCH3 is 1. The molecule has 1 heterocycles. The van der Waals surface area contributed by atoms with Crippen LogP contribution >= 0.6 is 35.0 Å². The van der Waals surface area contributed by atoms with Crippen molar-refractivity contribution < 1.29 is 29.0 Å². The van der Waals surface area contributed by atoms with Gasteiger partial charge in [-0.1, -0.05) is 41.4 Å². The summed E-state index contributed by atoms with van der Waals surface area (Å²) >= 11 is 13.1. The molecule has 2 amide bonds. The molecule has 0 bridgehead atoms. The molecule has 1 saturated heterocycles. The van der Waals surface area contributed by atoms with Crippen molar-refractivity contribution in [3.05, 3.63) is 62.5 Å². The van der Waals surface area contributed by atoms with E-state index in [2.05, 4.69) is 0 Å². The van der Waals surface area contributed by atoms with Crippen LogP contribution in [-0.2, 0) is 16.1 Å². The summed E-state index contributed by atoms with van der Waals surface area (Å²) in [6.07, 6.45) is 1.46. The van der Waals surface area contributed by atoms with E-state index in [0.717, 1.165) is 16.7 Å². The number of thioether (sulfide) groups is 1. The number of benzene rings is 2. The zero-order valence-electron chi connectivity index (χ0n) is 15.6. The molecule has 0 saturated carbocycles. The smallest absolute Gasteiger partial charge is 0.341 e. The number of hydrogen-bond acceptors (Lipinski definition) is 6. The lowest BCUT2D eigenvalue weighted by Crippen LogP contribution is -2.27. The van der Waals surface area contributed by atoms with Gasteiger partial charge >= 0.3 is 5.97 Å². The van der Waals surface area contributed by atoms with E-state index >= 15 is 0 Å². The third-order valence-electron chi connectivity index (χ3n) is 4.11. The molecule has 0 atom stereocenters. The van der Waals surface area contributed by atoms with Crippen LogP contribution in [0.2, 0.25) is 10.0 Å². The summed E-state index contributed by atoms with van der Waals surface area (Å²) in [6.45, 7) is -0.658. The maximum atomic E-state index is 12.8. The van der Waals surface area contributed by atoms with Crippen LogP contribution in [-0.4, -0.2) is 40.8 Å². The van der Waals surface area contributed by atoms with E-state index in [9.17, 15) is 14.4 Å². The van der Waals surface area contributed by atoms with Crippen molar-refractivity contribution in [3.63, 3.8) is 0 Å². The number of ether oxygens (including phenoxy) is 2. The summed E-state index contributed by atoms with van der Waals surface area (Å²) in [5, 5.41) is 9.12. The molecule has 2 aromatic carbocycles. The summed E-state index contributed by atoms with van der Waals surface area (Å²) in [7, 11) is 1.41. The van der Waals surface area contributed by atoms with Crippen molar-refractivity contribution >= 4 is 58.2 Å². The highest BCUT2D eigenvalue weighted by Crippen LogP contribution is 2.38. The first-order chi connectivity index (χ1) is 14.3. The quantitative estimate of drug-likeness (QED) is 0.589. The Morgan fingerprint density at radius 3 is 2.47 bits per heavy atom. The van der Waals surface area contributed by atoms with E-state index in [0.29, 0.717) is 26.9 Å². The fourth-order valence-corrected chi connectivity index (χ4v) is 4.06. The first-order valence-electron chi connectivity index (χ1n) is 8.51. The number of nitrogens with zero attached hydrogens (tertiary/aromatic N) is 1. The average Bonchev–Trinajstić information content (AvgIpc) is 2.96. The largest absolute Gasteiger partial charge is 0.493 e. The van der Waals surface area contributed by atoms with Crippen LogP contribution in [0, 0.1) is 0 Å². The maximum Gasteiger partial charge on any atom is 0.341 e. The van der Waals surface area contributed by atoms with Crippen LogP contribution in [0.3, 0.4) is 0 Å². The number of carboxylic acids is 1. The summed E-state index contributed by atoms with van der Waals surface area (Å²) in [4.78, 5) is 37.4. The van der Waals surface area contributed by atoms with Gasteiger partial charge in [-0.25, -0.2) is 4.79 Å². The number of carbonyl (C=O) groups is 3. The molecule has 1 fully saturated rings. The van der Waals surface area contributed by atoms with Gasteiger partial charge in [0.1, 0.15) is 0 Å². The molecular weight excluding hydrogens is 453 g/mol. The van der Waals surface area contributed by atoms with Crippen molar-refractivity contribution in [1.29, 1.82) is 0 Å². The Morgan fingerprint density at radius 1 is 1.17 bits per heavy atom. The van der Waals surface area contributed by atoms with Gasteiger partial charge in [-0.05, 0) is 36.0 Å². The fourth-order valence-electron chi connectivity index (χ4n) is 2.71. The summed E-state index contributed by atoms with van der Waals surface area (Å²) in [6, 6.07) is 9.80. The van der Waals surface area contributed by atoms with Gasteiger partial charge in [-0.15, -0.1) is 0 Å². The van der Waals surface area contributed by atoms with Crippen LogP contribution in [0.5, 0.6) is 11.5 Å². The van der Waals surface area contributed by atoms with Crippen LogP contribution in [0.25, 0.3) is 6.08 Å². The molecule has 30 heavy (non-hydrogen) atoms. The van der Waals surface area contributed by atoms with E-state index < -0.39 is 23.7 Å². The van der Waals surface area contributed by atoms with E-state index in [1.807, 2.05) is 0 Å². The van der Waals surface area contributed by atoms with Crippen LogP contribution in [0.15, 0.2) is 41.3 Å². The average molecular weight is 468 g/mol. The molecule has 2 aromatic rings. The van der Waals surface area contributed by atoms with Gasteiger partial charge in [0.25, 0.3) is 11.1 Å². The van der Waals surface area contributed by atoms with Gasteiger partial charge in [0.05, 0.1) is 18.6 Å². The number of amides is 2. The summed E-state index contributed by atoms with van der Waals surface area (Å²) in [5.41, 5.74) is 0.869. The normalized spacial score (nSPS) is 15.0. The molecule has 156 valence electrons. The molecule has 3 rings (SSSR count). The second kappa shape index (κ2) is 9.42. The number of rotatable bonds is 7. The number of hydrogen-bond donors (Lipinski definition) is 1. The third-order valence-corrected chi connectivity index (χ3v) is 5.72. The number of carbonyl (C=O) groups excluding carboxylic acids is 2. The van der Waals surface area contributed by atoms with E-state index in [4.69, 9.17) is 37.8 Å². The number of imide groups is 1. The highest BCUT2D eigenvalue weighted by molar-refractivity contribution is 8.18. The Hall–Kier alpha value is -2.68. The van der Waals surface area contributed by atoms with Crippen LogP contribution < -0.4 is 9.47 Å². The first-order valence-corrected chi connectivity index (χ1v) is 10.1. The molecular formula is C20H15Cl2NO6S. The number of halogens is 2. The van der Waals surface area contributed by atoms with E-state index in [-0.39, 0.29) is 17.2 Å². The lowest BCUT2D eigenvalue weighted by molar-refractivity contribution is -0.139. The monoisotopic (exact) mass is 467 g/mol. The number of carboxylic acid groups (broad SMARTS) is 1. The maximum absolute atomic E-state index is 12.8. The molecule has 1 N–H and O–H groups in total. The lowest BCUT2D eigenvalue weighted by Gasteiger charge is -2.15.